The van der Waals surface area contributed by atoms with Crippen LogP contribution in [0.3, 0.4) is 0 Å². The van der Waals surface area contributed by atoms with E-state index in [4.69, 9.17) is 0 Å². The van der Waals surface area contributed by atoms with Crippen LogP contribution in [0.4, 0.5) is 0 Å². The summed E-state index contributed by atoms with van der Waals surface area (Å²) in [6, 6.07) is 7.20. The molecule has 1 aliphatic carbocycles. The molecule has 0 amide bonds. The van der Waals surface area contributed by atoms with Gasteiger partial charge in [0.2, 0.25) is 0 Å². The molecule has 0 bridgehead atoms. The largest absolute Gasteiger partial charge is 0.289 e. The molecular weight excluding hydrogens is 404 g/mol. The molecular formula is C31H46O2. The topological polar surface area (TPSA) is 34.1 Å². The zero-order valence-corrected chi connectivity index (χ0v) is 22.0. The lowest BCUT2D eigenvalue weighted by Crippen LogP contribution is -2.20. The van der Waals surface area contributed by atoms with E-state index in [1.165, 1.54) is 50.5 Å². The van der Waals surface area contributed by atoms with E-state index in [1.54, 1.807) is 19.1 Å². The average molecular weight is 451 g/mol. The van der Waals surface area contributed by atoms with Gasteiger partial charge in [-0.3, -0.25) is 9.59 Å². The summed E-state index contributed by atoms with van der Waals surface area (Å²) >= 11 is 0. The Morgan fingerprint density at radius 1 is 0.818 bits per heavy atom. The summed E-state index contributed by atoms with van der Waals surface area (Å²) in [5, 5.41) is 0. The highest BCUT2D eigenvalue weighted by Gasteiger charge is 2.28. The molecule has 0 saturated carbocycles. The van der Waals surface area contributed by atoms with Crippen LogP contribution in [0, 0.1) is 17.8 Å². The lowest BCUT2D eigenvalue weighted by atomic mass is 9.82. The summed E-state index contributed by atoms with van der Waals surface area (Å²) in [5.41, 5.74) is 3.75. The fourth-order valence-corrected chi connectivity index (χ4v) is 4.87. The molecule has 1 aliphatic rings. The predicted octanol–water partition coefficient (Wildman–Crippen LogP) is 9.16. The van der Waals surface area contributed by atoms with Crippen LogP contribution in [0.1, 0.15) is 126 Å². The molecule has 2 rings (SSSR count). The fourth-order valence-electron chi connectivity index (χ4n) is 4.87. The number of rotatable bonds is 14. The van der Waals surface area contributed by atoms with Crippen molar-refractivity contribution in [1.29, 1.82) is 0 Å². The van der Waals surface area contributed by atoms with Gasteiger partial charge in [0.15, 0.2) is 11.6 Å². The number of ketones is 2. The number of hydrogen-bond donors (Lipinski definition) is 0. The Hall–Kier alpha value is -1.96. The summed E-state index contributed by atoms with van der Waals surface area (Å²) in [5.74, 6) is 2.48. The molecule has 2 heteroatoms. The molecule has 1 aromatic rings. The van der Waals surface area contributed by atoms with Gasteiger partial charge < -0.3 is 0 Å². The molecule has 2 nitrogen and oxygen atoms in total. The van der Waals surface area contributed by atoms with Gasteiger partial charge in [0.1, 0.15) is 0 Å². The first-order chi connectivity index (χ1) is 15.7. The maximum Gasteiger partial charge on any atom is 0.190 e. The van der Waals surface area contributed by atoms with Crippen molar-refractivity contribution in [3.63, 3.8) is 0 Å². The number of allylic oxidation sites excluding steroid dienone is 4. The molecule has 0 heterocycles. The quantitative estimate of drug-likeness (QED) is 0.265. The van der Waals surface area contributed by atoms with Crippen LogP contribution in [0.2, 0.25) is 0 Å². The van der Waals surface area contributed by atoms with E-state index < -0.39 is 0 Å². The highest BCUT2D eigenvalue weighted by molar-refractivity contribution is 6.26. The van der Waals surface area contributed by atoms with E-state index >= 15 is 0 Å². The summed E-state index contributed by atoms with van der Waals surface area (Å²) in [6.45, 7) is 13.4. The molecule has 182 valence electrons. The third-order valence-corrected chi connectivity index (χ3v) is 7.28. The molecule has 0 saturated heterocycles. The normalized spacial score (nSPS) is 16.4. The van der Waals surface area contributed by atoms with E-state index in [2.05, 4.69) is 40.7 Å². The monoisotopic (exact) mass is 450 g/mol. The molecule has 0 fully saturated rings. The first kappa shape index (κ1) is 27.3. The zero-order chi connectivity index (χ0) is 24.4. The minimum absolute atomic E-state index is 0.00453. The average Bonchev–Trinajstić information content (AvgIpc) is 2.77. The van der Waals surface area contributed by atoms with Gasteiger partial charge in [-0.1, -0.05) is 102 Å². The maximum absolute atomic E-state index is 12.9. The molecule has 2 atom stereocenters. The predicted molar refractivity (Wildman–Crippen MR) is 141 cm³/mol. The summed E-state index contributed by atoms with van der Waals surface area (Å²) in [4.78, 5) is 25.5. The second kappa shape index (κ2) is 13.7. The zero-order valence-electron chi connectivity index (χ0n) is 22.0. The van der Waals surface area contributed by atoms with E-state index in [9.17, 15) is 9.59 Å². The number of benzene rings is 1. The molecule has 33 heavy (non-hydrogen) atoms. The van der Waals surface area contributed by atoms with Gasteiger partial charge in [0.05, 0.1) is 0 Å². The lowest BCUT2D eigenvalue weighted by molar-refractivity contribution is 0.0972. The van der Waals surface area contributed by atoms with E-state index in [0.717, 1.165) is 30.6 Å². The number of carbonyl (C=O) groups is 2. The number of fused-ring (bicyclic) bond motifs is 1. The van der Waals surface area contributed by atoms with Crippen LogP contribution in [0.5, 0.6) is 0 Å². The van der Waals surface area contributed by atoms with Crippen molar-refractivity contribution < 1.29 is 9.59 Å². The van der Waals surface area contributed by atoms with Gasteiger partial charge in [0, 0.05) is 22.3 Å². The number of hydrogen-bond acceptors (Lipinski definition) is 2. The Morgan fingerprint density at radius 2 is 1.36 bits per heavy atom. The Kier molecular flexibility index (Phi) is 11.3. The Balaban J connectivity index is 1.71. The molecule has 0 aromatic heterocycles. The Bertz CT molecular complexity index is 855. The van der Waals surface area contributed by atoms with Gasteiger partial charge >= 0.3 is 0 Å². The Labute approximate surface area is 202 Å². The first-order valence-corrected chi connectivity index (χ1v) is 13.2. The van der Waals surface area contributed by atoms with Gasteiger partial charge in [-0.05, 0) is 57.3 Å². The number of carbonyl (C=O) groups excluding carboxylic acids is 2. The number of Topliss-reactive ketones (excluding diaryl/α,β-unsaturated/α-hetero) is 2. The third-order valence-electron chi connectivity index (χ3n) is 7.28. The summed E-state index contributed by atoms with van der Waals surface area (Å²) < 4.78 is 0. The Morgan fingerprint density at radius 3 is 1.97 bits per heavy atom. The second-order valence-electron chi connectivity index (χ2n) is 10.9. The molecule has 0 radical (unpaired) electrons. The van der Waals surface area contributed by atoms with E-state index in [1.807, 2.05) is 12.1 Å². The molecule has 0 aliphatic heterocycles. The molecule has 0 spiro atoms. The minimum atomic E-state index is 0.00453. The fraction of sp³-hybridized carbons (Fsp3) is 0.613. The van der Waals surface area contributed by atoms with Crippen LogP contribution >= 0.6 is 0 Å². The smallest absolute Gasteiger partial charge is 0.190 e. The van der Waals surface area contributed by atoms with Crippen LogP contribution in [-0.4, -0.2) is 11.6 Å². The van der Waals surface area contributed by atoms with Crippen LogP contribution in [0.15, 0.2) is 47.1 Å². The highest BCUT2D eigenvalue weighted by atomic mass is 16.1. The van der Waals surface area contributed by atoms with Crippen molar-refractivity contribution in [2.45, 2.75) is 106 Å². The van der Waals surface area contributed by atoms with Gasteiger partial charge in [-0.2, -0.15) is 0 Å². The summed E-state index contributed by atoms with van der Waals surface area (Å²) in [6.07, 6.45) is 14.3. The van der Waals surface area contributed by atoms with Gasteiger partial charge in [0.25, 0.3) is 0 Å². The maximum atomic E-state index is 12.9. The van der Waals surface area contributed by atoms with Crippen molar-refractivity contribution in [3.05, 3.63) is 58.2 Å². The lowest BCUT2D eigenvalue weighted by Gasteiger charge is -2.19. The highest BCUT2D eigenvalue weighted by Crippen LogP contribution is 2.29. The third kappa shape index (κ3) is 8.72. The van der Waals surface area contributed by atoms with Crippen molar-refractivity contribution in [2.75, 3.05) is 0 Å². The van der Waals surface area contributed by atoms with Crippen molar-refractivity contribution in [3.8, 4) is 0 Å². The SMILES string of the molecule is CC1=C(CC/C(C)=C/CC[C@H](C)CCC[C@H](C)CCCC(C)C)C(=O)c2ccccc2C1=O. The van der Waals surface area contributed by atoms with Gasteiger partial charge in [-0.25, -0.2) is 0 Å². The van der Waals surface area contributed by atoms with Crippen molar-refractivity contribution in [1.82, 2.24) is 0 Å². The van der Waals surface area contributed by atoms with Crippen LogP contribution in [-0.2, 0) is 0 Å². The minimum Gasteiger partial charge on any atom is -0.289 e. The van der Waals surface area contributed by atoms with E-state index in [-0.39, 0.29) is 11.6 Å². The van der Waals surface area contributed by atoms with Crippen LogP contribution < -0.4 is 0 Å². The van der Waals surface area contributed by atoms with E-state index in [0.29, 0.717) is 28.7 Å². The standard InChI is InChI=1S/C31H46O2/c1-22(2)12-9-13-23(3)14-10-15-24(4)16-11-17-25(5)20-21-27-26(6)30(32)28-18-7-8-19-29(28)31(27)33/h7-8,17-19,22-24H,9-16,20-21H2,1-6H3/b25-17+/t23-,24-/m1/s1. The van der Waals surface area contributed by atoms with Crippen LogP contribution in [0.25, 0.3) is 0 Å². The molecule has 1 aromatic carbocycles. The van der Waals surface area contributed by atoms with Gasteiger partial charge in [-0.15, -0.1) is 0 Å². The molecule has 0 N–H and O–H groups in total. The van der Waals surface area contributed by atoms with Crippen molar-refractivity contribution >= 4 is 11.6 Å². The van der Waals surface area contributed by atoms with Crippen molar-refractivity contribution in [2.24, 2.45) is 17.8 Å². The first-order valence-electron chi connectivity index (χ1n) is 13.2. The molecule has 0 unspecified atom stereocenters. The summed E-state index contributed by atoms with van der Waals surface area (Å²) in [7, 11) is 0. The second-order valence-corrected chi connectivity index (χ2v) is 10.9.